The SMILES string of the molecule is Cc1ccc(Oc2ccc(CBr)c(Cl)c2)c([N+](=O)[O-])c1. The van der Waals surface area contributed by atoms with E-state index in [1.165, 1.54) is 6.07 Å². The summed E-state index contributed by atoms with van der Waals surface area (Å²) in [6, 6.07) is 10.0. The first kappa shape index (κ1) is 14.8. The van der Waals surface area contributed by atoms with E-state index < -0.39 is 4.92 Å². The van der Waals surface area contributed by atoms with Crippen molar-refractivity contribution in [1.29, 1.82) is 0 Å². The lowest BCUT2D eigenvalue weighted by Gasteiger charge is -2.08. The quantitative estimate of drug-likeness (QED) is 0.427. The van der Waals surface area contributed by atoms with Gasteiger partial charge in [-0.05, 0) is 36.2 Å². The van der Waals surface area contributed by atoms with Gasteiger partial charge in [0, 0.05) is 16.4 Å². The highest BCUT2D eigenvalue weighted by Gasteiger charge is 2.16. The van der Waals surface area contributed by atoms with Crippen molar-refractivity contribution < 1.29 is 9.66 Å². The fraction of sp³-hybridized carbons (Fsp3) is 0.143. The molecule has 0 bridgehead atoms. The minimum Gasteiger partial charge on any atom is -0.450 e. The van der Waals surface area contributed by atoms with Crippen molar-refractivity contribution in [2.75, 3.05) is 0 Å². The van der Waals surface area contributed by atoms with Crippen LogP contribution in [0.25, 0.3) is 0 Å². The van der Waals surface area contributed by atoms with E-state index in [0.717, 1.165) is 11.1 Å². The first-order chi connectivity index (χ1) is 9.51. The summed E-state index contributed by atoms with van der Waals surface area (Å²) < 4.78 is 5.56. The summed E-state index contributed by atoms with van der Waals surface area (Å²) >= 11 is 9.40. The molecule has 0 unspecified atom stereocenters. The van der Waals surface area contributed by atoms with Gasteiger partial charge in [-0.15, -0.1) is 0 Å². The number of nitrogens with zero attached hydrogens (tertiary/aromatic N) is 1. The Balaban J connectivity index is 2.35. The molecule has 0 heterocycles. The summed E-state index contributed by atoms with van der Waals surface area (Å²) in [4.78, 5) is 10.6. The lowest BCUT2D eigenvalue weighted by Crippen LogP contribution is -1.94. The average molecular weight is 357 g/mol. The second-order valence-corrected chi connectivity index (χ2v) is 5.19. The highest BCUT2D eigenvalue weighted by Crippen LogP contribution is 2.33. The van der Waals surface area contributed by atoms with Gasteiger partial charge in [-0.1, -0.05) is 39.7 Å². The summed E-state index contributed by atoms with van der Waals surface area (Å²) in [6.07, 6.45) is 0. The van der Waals surface area contributed by atoms with Gasteiger partial charge in [-0.25, -0.2) is 0 Å². The molecule has 0 N–H and O–H groups in total. The van der Waals surface area contributed by atoms with E-state index in [4.69, 9.17) is 16.3 Å². The fourth-order valence-corrected chi connectivity index (χ4v) is 2.57. The Hall–Kier alpha value is -1.59. The number of benzene rings is 2. The maximum absolute atomic E-state index is 11.0. The van der Waals surface area contributed by atoms with Crippen LogP contribution < -0.4 is 4.74 Å². The van der Waals surface area contributed by atoms with Crippen LogP contribution in [0.1, 0.15) is 11.1 Å². The molecule has 2 aromatic carbocycles. The Morgan fingerprint density at radius 2 is 2.05 bits per heavy atom. The minimum atomic E-state index is -0.462. The number of rotatable bonds is 4. The molecule has 0 radical (unpaired) electrons. The van der Waals surface area contributed by atoms with Crippen molar-refractivity contribution >= 4 is 33.2 Å². The third-order valence-electron chi connectivity index (χ3n) is 2.71. The molecule has 20 heavy (non-hydrogen) atoms. The molecule has 0 aliphatic rings. The Bertz CT molecular complexity index is 661. The third kappa shape index (κ3) is 3.29. The molecule has 0 fully saturated rings. The van der Waals surface area contributed by atoms with E-state index in [0.29, 0.717) is 16.1 Å². The number of halogens is 2. The Morgan fingerprint density at radius 1 is 1.30 bits per heavy atom. The van der Waals surface area contributed by atoms with Crippen LogP contribution in [0.5, 0.6) is 11.5 Å². The van der Waals surface area contributed by atoms with Crippen LogP contribution in [0.3, 0.4) is 0 Å². The van der Waals surface area contributed by atoms with Crippen LogP contribution in [-0.4, -0.2) is 4.92 Å². The molecule has 6 heteroatoms. The summed E-state index contributed by atoms with van der Waals surface area (Å²) in [5.74, 6) is 0.662. The second-order valence-electron chi connectivity index (χ2n) is 4.22. The van der Waals surface area contributed by atoms with Gasteiger partial charge in [0.1, 0.15) is 5.75 Å². The van der Waals surface area contributed by atoms with Crippen molar-refractivity contribution in [3.8, 4) is 11.5 Å². The molecular formula is C14H11BrClNO3. The van der Waals surface area contributed by atoms with Crippen LogP contribution in [0.15, 0.2) is 36.4 Å². The molecule has 4 nitrogen and oxygen atoms in total. The van der Waals surface area contributed by atoms with Crippen molar-refractivity contribution in [3.63, 3.8) is 0 Å². The highest BCUT2D eigenvalue weighted by molar-refractivity contribution is 9.08. The predicted octanol–water partition coefficient (Wildman–Crippen LogP) is 5.24. The molecule has 0 amide bonds. The third-order valence-corrected chi connectivity index (χ3v) is 3.66. The maximum atomic E-state index is 11.0. The Labute approximate surface area is 129 Å². The molecule has 104 valence electrons. The lowest BCUT2D eigenvalue weighted by atomic mass is 10.2. The van der Waals surface area contributed by atoms with Gasteiger partial charge < -0.3 is 4.74 Å². The van der Waals surface area contributed by atoms with E-state index in [1.54, 1.807) is 31.2 Å². The molecule has 0 aliphatic heterocycles. The topological polar surface area (TPSA) is 52.4 Å². The number of nitro groups is 1. The minimum absolute atomic E-state index is 0.0642. The molecule has 0 saturated heterocycles. The summed E-state index contributed by atoms with van der Waals surface area (Å²) in [5, 5.41) is 12.2. The molecule has 0 saturated carbocycles. The van der Waals surface area contributed by atoms with Gasteiger partial charge >= 0.3 is 5.69 Å². The standard InChI is InChI=1S/C14H11BrClNO3/c1-9-2-5-14(13(6-9)17(18)19)20-11-4-3-10(8-15)12(16)7-11/h2-7H,8H2,1H3. The van der Waals surface area contributed by atoms with Crippen LogP contribution >= 0.6 is 27.5 Å². The first-order valence-electron chi connectivity index (χ1n) is 5.78. The van der Waals surface area contributed by atoms with E-state index in [2.05, 4.69) is 15.9 Å². The number of ether oxygens (including phenoxy) is 1. The second kappa shape index (κ2) is 6.24. The van der Waals surface area contributed by atoms with E-state index in [-0.39, 0.29) is 11.4 Å². The summed E-state index contributed by atoms with van der Waals surface area (Å²) in [5.41, 5.74) is 1.67. The van der Waals surface area contributed by atoms with E-state index in [9.17, 15) is 10.1 Å². The molecule has 2 rings (SSSR count). The zero-order valence-electron chi connectivity index (χ0n) is 10.6. The maximum Gasteiger partial charge on any atom is 0.311 e. The number of alkyl halides is 1. The molecule has 0 atom stereocenters. The lowest BCUT2D eigenvalue weighted by molar-refractivity contribution is -0.385. The summed E-state index contributed by atoms with van der Waals surface area (Å²) in [7, 11) is 0. The molecule has 0 aromatic heterocycles. The molecular weight excluding hydrogens is 346 g/mol. The Kier molecular flexibility index (Phi) is 4.62. The normalized spacial score (nSPS) is 10.3. The van der Waals surface area contributed by atoms with Crippen LogP contribution in [0, 0.1) is 17.0 Å². The van der Waals surface area contributed by atoms with E-state index in [1.807, 2.05) is 6.07 Å². The molecule has 2 aromatic rings. The highest BCUT2D eigenvalue weighted by atomic mass is 79.9. The van der Waals surface area contributed by atoms with Crippen LogP contribution in [-0.2, 0) is 5.33 Å². The average Bonchev–Trinajstić information content (AvgIpc) is 2.41. The van der Waals surface area contributed by atoms with Gasteiger partial charge in [-0.2, -0.15) is 0 Å². The number of aryl methyl sites for hydroxylation is 1. The number of hydrogen-bond donors (Lipinski definition) is 0. The van der Waals surface area contributed by atoms with Crippen molar-refractivity contribution in [2.45, 2.75) is 12.3 Å². The van der Waals surface area contributed by atoms with Crippen molar-refractivity contribution in [2.24, 2.45) is 0 Å². The predicted molar refractivity (Wildman–Crippen MR) is 82.0 cm³/mol. The zero-order valence-corrected chi connectivity index (χ0v) is 12.9. The van der Waals surface area contributed by atoms with Gasteiger partial charge in [0.25, 0.3) is 0 Å². The first-order valence-corrected chi connectivity index (χ1v) is 7.28. The Morgan fingerprint density at radius 3 is 2.65 bits per heavy atom. The van der Waals surface area contributed by atoms with Crippen LogP contribution in [0.4, 0.5) is 5.69 Å². The van der Waals surface area contributed by atoms with Crippen molar-refractivity contribution in [1.82, 2.24) is 0 Å². The van der Waals surface area contributed by atoms with Gasteiger partial charge in [0.15, 0.2) is 0 Å². The smallest absolute Gasteiger partial charge is 0.311 e. The summed E-state index contributed by atoms with van der Waals surface area (Å²) in [6.45, 7) is 1.79. The van der Waals surface area contributed by atoms with Crippen molar-refractivity contribution in [3.05, 3.63) is 62.7 Å². The largest absolute Gasteiger partial charge is 0.450 e. The van der Waals surface area contributed by atoms with Gasteiger partial charge in [-0.3, -0.25) is 10.1 Å². The van der Waals surface area contributed by atoms with Crippen LogP contribution in [0.2, 0.25) is 5.02 Å². The monoisotopic (exact) mass is 355 g/mol. The molecule has 0 aliphatic carbocycles. The van der Waals surface area contributed by atoms with E-state index >= 15 is 0 Å². The molecule has 0 spiro atoms. The fourth-order valence-electron chi connectivity index (χ4n) is 1.68. The van der Waals surface area contributed by atoms with Gasteiger partial charge in [0.2, 0.25) is 5.75 Å². The number of nitro benzene ring substituents is 1. The van der Waals surface area contributed by atoms with Gasteiger partial charge in [0.05, 0.1) is 4.92 Å². The zero-order chi connectivity index (χ0) is 14.7. The number of hydrogen-bond acceptors (Lipinski definition) is 3.